The second-order valence-electron chi connectivity index (χ2n) is 4.46. The fourth-order valence-corrected chi connectivity index (χ4v) is 1.99. The SMILES string of the molecule is Cc1ccc(Oc2ccccc2C(F)(F)F)c(C(N)=S)c1. The minimum absolute atomic E-state index is 0.0678. The van der Waals surface area contributed by atoms with E-state index in [0.29, 0.717) is 5.56 Å². The molecule has 0 aliphatic carbocycles. The molecule has 0 saturated carbocycles. The van der Waals surface area contributed by atoms with Gasteiger partial charge < -0.3 is 10.5 Å². The van der Waals surface area contributed by atoms with Crippen molar-refractivity contribution in [2.45, 2.75) is 13.1 Å². The molecule has 0 unspecified atom stereocenters. The van der Waals surface area contributed by atoms with Gasteiger partial charge in [0.25, 0.3) is 0 Å². The third-order valence-electron chi connectivity index (χ3n) is 2.81. The summed E-state index contributed by atoms with van der Waals surface area (Å²) < 4.78 is 44.2. The van der Waals surface area contributed by atoms with E-state index in [1.807, 2.05) is 6.92 Å². The van der Waals surface area contributed by atoms with Gasteiger partial charge in [0.2, 0.25) is 0 Å². The van der Waals surface area contributed by atoms with Crippen LogP contribution >= 0.6 is 12.2 Å². The van der Waals surface area contributed by atoms with E-state index in [-0.39, 0.29) is 16.5 Å². The summed E-state index contributed by atoms with van der Waals surface area (Å²) in [4.78, 5) is 0.0678. The Bertz CT molecular complexity index is 683. The lowest BCUT2D eigenvalue weighted by Crippen LogP contribution is -2.12. The van der Waals surface area contributed by atoms with Gasteiger partial charge in [0, 0.05) is 0 Å². The van der Waals surface area contributed by atoms with Gasteiger partial charge in [-0.25, -0.2) is 0 Å². The van der Waals surface area contributed by atoms with Crippen molar-refractivity contribution in [1.82, 2.24) is 0 Å². The van der Waals surface area contributed by atoms with E-state index in [2.05, 4.69) is 0 Å². The molecule has 2 aromatic rings. The summed E-state index contributed by atoms with van der Waals surface area (Å²) in [5.74, 6) is -0.0869. The molecule has 0 radical (unpaired) electrons. The summed E-state index contributed by atoms with van der Waals surface area (Å²) >= 11 is 4.91. The highest BCUT2D eigenvalue weighted by atomic mass is 32.1. The predicted molar refractivity (Wildman–Crippen MR) is 78.6 cm³/mol. The molecule has 2 rings (SSSR count). The minimum Gasteiger partial charge on any atom is -0.456 e. The number of aryl methyl sites for hydroxylation is 1. The second kappa shape index (κ2) is 5.73. The maximum Gasteiger partial charge on any atom is 0.419 e. The zero-order chi connectivity index (χ0) is 15.6. The summed E-state index contributed by atoms with van der Waals surface area (Å²) in [7, 11) is 0. The second-order valence-corrected chi connectivity index (χ2v) is 4.90. The first-order chi connectivity index (χ1) is 9.79. The van der Waals surface area contributed by atoms with Crippen LogP contribution in [-0.2, 0) is 6.18 Å². The monoisotopic (exact) mass is 311 g/mol. The van der Waals surface area contributed by atoms with Crippen LogP contribution in [0.15, 0.2) is 42.5 Å². The Morgan fingerprint density at radius 2 is 1.76 bits per heavy atom. The Balaban J connectivity index is 2.47. The van der Waals surface area contributed by atoms with Crippen LogP contribution < -0.4 is 10.5 Å². The van der Waals surface area contributed by atoms with Crippen molar-refractivity contribution in [3.63, 3.8) is 0 Å². The zero-order valence-corrected chi connectivity index (χ0v) is 11.9. The number of benzene rings is 2. The minimum atomic E-state index is -4.50. The molecule has 0 fully saturated rings. The molecular weight excluding hydrogens is 299 g/mol. The highest BCUT2D eigenvalue weighted by Gasteiger charge is 2.34. The lowest BCUT2D eigenvalue weighted by molar-refractivity contribution is -0.138. The van der Waals surface area contributed by atoms with Crippen LogP contribution in [0.1, 0.15) is 16.7 Å². The van der Waals surface area contributed by atoms with Crippen molar-refractivity contribution < 1.29 is 17.9 Å². The third kappa shape index (κ3) is 3.52. The number of thiocarbonyl (C=S) groups is 1. The summed E-state index contributed by atoms with van der Waals surface area (Å²) in [5.41, 5.74) is 6.03. The van der Waals surface area contributed by atoms with Crippen molar-refractivity contribution >= 4 is 17.2 Å². The lowest BCUT2D eigenvalue weighted by Gasteiger charge is -2.15. The van der Waals surface area contributed by atoms with Crippen molar-refractivity contribution in [2.75, 3.05) is 0 Å². The molecule has 0 bridgehead atoms. The van der Waals surface area contributed by atoms with Gasteiger partial charge in [-0.15, -0.1) is 0 Å². The molecule has 110 valence electrons. The molecule has 0 aliphatic heterocycles. The van der Waals surface area contributed by atoms with Crippen LogP contribution in [-0.4, -0.2) is 4.99 Å². The van der Waals surface area contributed by atoms with Gasteiger partial charge in [-0.3, -0.25) is 0 Å². The first-order valence-corrected chi connectivity index (χ1v) is 6.44. The molecule has 2 aromatic carbocycles. The fourth-order valence-electron chi connectivity index (χ4n) is 1.83. The van der Waals surface area contributed by atoms with E-state index in [1.165, 1.54) is 18.2 Å². The number of ether oxygens (including phenoxy) is 1. The van der Waals surface area contributed by atoms with Crippen molar-refractivity contribution in [1.29, 1.82) is 0 Å². The van der Waals surface area contributed by atoms with Crippen LogP contribution in [0.2, 0.25) is 0 Å². The fraction of sp³-hybridized carbons (Fsp3) is 0.133. The average Bonchev–Trinajstić information content (AvgIpc) is 2.40. The molecule has 2 nitrogen and oxygen atoms in total. The van der Waals surface area contributed by atoms with Crippen LogP contribution in [0.3, 0.4) is 0 Å². The van der Waals surface area contributed by atoms with E-state index in [1.54, 1.807) is 18.2 Å². The van der Waals surface area contributed by atoms with Gasteiger partial charge in [0.1, 0.15) is 16.5 Å². The van der Waals surface area contributed by atoms with Gasteiger partial charge in [-0.2, -0.15) is 13.2 Å². The standard InChI is InChI=1S/C15H12F3NOS/c1-9-6-7-12(10(8-9)14(19)21)20-13-5-3-2-4-11(13)15(16,17)18/h2-8H,1H3,(H2,19,21). The molecular formula is C15H12F3NOS. The molecule has 0 heterocycles. The largest absolute Gasteiger partial charge is 0.456 e. The number of alkyl halides is 3. The molecule has 0 atom stereocenters. The number of para-hydroxylation sites is 1. The van der Waals surface area contributed by atoms with Crippen molar-refractivity contribution in [2.24, 2.45) is 5.73 Å². The molecule has 0 spiro atoms. The van der Waals surface area contributed by atoms with Gasteiger partial charge in [0.15, 0.2) is 0 Å². The van der Waals surface area contributed by atoms with Crippen LogP contribution in [0, 0.1) is 6.92 Å². The Labute approximate surface area is 125 Å². The number of hydrogen-bond donors (Lipinski definition) is 1. The quantitative estimate of drug-likeness (QED) is 0.851. The first kappa shape index (κ1) is 15.3. The summed E-state index contributed by atoms with van der Waals surface area (Å²) in [5, 5.41) is 0. The number of halogens is 3. The van der Waals surface area contributed by atoms with E-state index in [4.69, 9.17) is 22.7 Å². The Hall–Kier alpha value is -2.08. The lowest BCUT2D eigenvalue weighted by atomic mass is 10.1. The predicted octanol–water partition coefficient (Wildman–Crippen LogP) is 4.44. The maximum absolute atomic E-state index is 12.9. The number of rotatable bonds is 3. The topological polar surface area (TPSA) is 35.2 Å². The highest BCUT2D eigenvalue weighted by Crippen LogP contribution is 2.38. The first-order valence-electron chi connectivity index (χ1n) is 6.03. The number of nitrogens with two attached hydrogens (primary N) is 1. The molecule has 21 heavy (non-hydrogen) atoms. The molecule has 2 N–H and O–H groups in total. The van der Waals surface area contributed by atoms with Gasteiger partial charge in [-0.1, -0.05) is 36.0 Å². The Kier molecular flexibility index (Phi) is 4.18. The molecule has 0 aliphatic rings. The van der Waals surface area contributed by atoms with E-state index in [0.717, 1.165) is 11.6 Å². The van der Waals surface area contributed by atoms with E-state index < -0.39 is 11.7 Å². The van der Waals surface area contributed by atoms with Crippen LogP contribution in [0.5, 0.6) is 11.5 Å². The smallest absolute Gasteiger partial charge is 0.419 e. The highest BCUT2D eigenvalue weighted by molar-refractivity contribution is 7.80. The van der Waals surface area contributed by atoms with Crippen LogP contribution in [0.25, 0.3) is 0 Å². The Morgan fingerprint density at radius 3 is 2.38 bits per heavy atom. The number of hydrogen-bond acceptors (Lipinski definition) is 2. The average molecular weight is 311 g/mol. The molecule has 6 heteroatoms. The normalized spacial score (nSPS) is 11.2. The summed E-state index contributed by atoms with van der Waals surface area (Å²) in [6, 6.07) is 9.94. The van der Waals surface area contributed by atoms with Gasteiger partial charge in [-0.05, 0) is 31.2 Å². The zero-order valence-electron chi connectivity index (χ0n) is 11.1. The molecule has 0 saturated heterocycles. The van der Waals surface area contributed by atoms with Crippen LogP contribution in [0.4, 0.5) is 13.2 Å². The Morgan fingerprint density at radius 1 is 1.10 bits per heavy atom. The summed E-state index contributed by atoms with van der Waals surface area (Å²) in [6.45, 7) is 1.83. The molecule has 0 aromatic heterocycles. The molecule has 0 amide bonds. The summed E-state index contributed by atoms with van der Waals surface area (Å²) in [6.07, 6.45) is -4.50. The van der Waals surface area contributed by atoms with E-state index >= 15 is 0 Å². The van der Waals surface area contributed by atoms with Crippen molar-refractivity contribution in [3.05, 3.63) is 59.2 Å². The maximum atomic E-state index is 12.9. The van der Waals surface area contributed by atoms with E-state index in [9.17, 15) is 13.2 Å². The van der Waals surface area contributed by atoms with Crippen molar-refractivity contribution in [3.8, 4) is 11.5 Å². The third-order valence-corrected chi connectivity index (χ3v) is 3.03. The van der Waals surface area contributed by atoms with Gasteiger partial charge in [0.05, 0.1) is 11.1 Å². The van der Waals surface area contributed by atoms with Gasteiger partial charge >= 0.3 is 6.18 Å².